The van der Waals surface area contributed by atoms with Crippen LogP contribution in [0, 0.1) is 13.8 Å². The molecule has 1 aliphatic rings. The number of anilines is 3. The highest BCUT2D eigenvalue weighted by atomic mass is 16.5. The average molecular weight is 396 g/mol. The molecule has 2 aromatic rings. The number of hydrogen-bond acceptors (Lipinski definition) is 4. The fourth-order valence-electron chi connectivity index (χ4n) is 3.47. The molecule has 0 spiro atoms. The van der Waals surface area contributed by atoms with Crippen LogP contribution in [0.5, 0.6) is 0 Å². The fraction of sp³-hybridized carbons (Fsp3) is 0.391. The number of rotatable bonds is 6. The molecule has 2 amide bonds. The maximum Gasteiger partial charge on any atom is 0.226 e. The topological polar surface area (TPSA) is 61.9 Å². The molecule has 0 atom stereocenters. The molecule has 1 aliphatic heterocycles. The number of carbonyl (C=O) groups excluding carboxylic acids is 2. The Morgan fingerprint density at radius 2 is 1.79 bits per heavy atom. The number of carbonyl (C=O) groups is 2. The van der Waals surface area contributed by atoms with Crippen LogP contribution in [0.1, 0.15) is 24.5 Å². The molecule has 6 heteroatoms. The van der Waals surface area contributed by atoms with Crippen molar-refractivity contribution in [1.82, 2.24) is 0 Å². The first-order chi connectivity index (χ1) is 14.0. The van der Waals surface area contributed by atoms with Crippen molar-refractivity contribution in [3.8, 4) is 0 Å². The molecule has 1 saturated heterocycles. The lowest BCUT2D eigenvalue weighted by molar-refractivity contribution is -0.117. The Hall–Kier alpha value is -2.86. The molecule has 0 aromatic heterocycles. The average Bonchev–Trinajstić information content (AvgIpc) is 2.72. The highest BCUT2D eigenvalue weighted by Crippen LogP contribution is 2.30. The van der Waals surface area contributed by atoms with E-state index in [9.17, 15) is 9.59 Å². The molecular weight excluding hydrogens is 366 g/mol. The van der Waals surface area contributed by atoms with Gasteiger partial charge in [-0.1, -0.05) is 18.2 Å². The van der Waals surface area contributed by atoms with E-state index in [1.165, 1.54) is 12.5 Å². The van der Waals surface area contributed by atoms with Crippen molar-refractivity contribution in [2.75, 3.05) is 48.0 Å². The van der Waals surface area contributed by atoms with Gasteiger partial charge in [0.05, 0.1) is 24.6 Å². The summed E-state index contributed by atoms with van der Waals surface area (Å²) in [6.07, 6.45) is 0.226. The van der Waals surface area contributed by atoms with Gasteiger partial charge in [0.2, 0.25) is 11.8 Å². The van der Waals surface area contributed by atoms with Gasteiger partial charge in [-0.2, -0.15) is 0 Å². The van der Waals surface area contributed by atoms with Crippen LogP contribution in [0.25, 0.3) is 0 Å². The largest absolute Gasteiger partial charge is 0.378 e. The van der Waals surface area contributed by atoms with Gasteiger partial charge in [-0.05, 0) is 49.2 Å². The van der Waals surface area contributed by atoms with E-state index in [0.29, 0.717) is 19.8 Å². The molecule has 154 valence electrons. The second-order valence-corrected chi connectivity index (χ2v) is 7.36. The van der Waals surface area contributed by atoms with Crippen molar-refractivity contribution in [2.24, 2.45) is 0 Å². The van der Waals surface area contributed by atoms with Gasteiger partial charge in [-0.15, -0.1) is 0 Å². The van der Waals surface area contributed by atoms with Crippen LogP contribution >= 0.6 is 0 Å². The third-order valence-corrected chi connectivity index (χ3v) is 5.26. The Morgan fingerprint density at radius 3 is 2.48 bits per heavy atom. The van der Waals surface area contributed by atoms with Crippen LogP contribution in [0.2, 0.25) is 0 Å². The lowest BCUT2D eigenvalue weighted by atomic mass is 10.1. The SMILES string of the molecule is CC(=O)N(CCC(=O)Nc1ccc(C)c(C)c1)c1ccccc1N1CCOCC1. The van der Waals surface area contributed by atoms with E-state index >= 15 is 0 Å². The number of aryl methyl sites for hydroxylation is 2. The summed E-state index contributed by atoms with van der Waals surface area (Å²) in [7, 11) is 0. The zero-order valence-electron chi connectivity index (χ0n) is 17.4. The van der Waals surface area contributed by atoms with E-state index in [1.54, 1.807) is 4.90 Å². The Balaban J connectivity index is 1.70. The van der Waals surface area contributed by atoms with Gasteiger partial charge in [0.1, 0.15) is 0 Å². The second kappa shape index (κ2) is 9.56. The Labute approximate surface area is 172 Å². The highest BCUT2D eigenvalue weighted by molar-refractivity contribution is 5.97. The third kappa shape index (κ3) is 5.35. The van der Waals surface area contributed by atoms with E-state index in [0.717, 1.165) is 35.7 Å². The van der Waals surface area contributed by atoms with E-state index in [2.05, 4.69) is 10.2 Å². The fourth-order valence-corrected chi connectivity index (χ4v) is 3.47. The smallest absolute Gasteiger partial charge is 0.226 e. The van der Waals surface area contributed by atoms with Crippen LogP contribution in [-0.4, -0.2) is 44.7 Å². The van der Waals surface area contributed by atoms with Crippen LogP contribution in [-0.2, 0) is 14.3 Å². The summed E-state index contributed by atoms with van der Waals surface area (Å²) in [5, 5.41) is 2.93. The minimum Gasteiger partial charge on any atom is -0.378 e. The summed E-state index contributed by atoms with van der Waals surface area (Å²) in [5.41, 5.74) is 4.93. The van der Waals surface area contributed by atoms with Gasteiger partial charge in [0.15, 0.2) is 0 Å². The predicted octanol–water partition coefficient (Wildman–Crippen LogP) is 3.52. The standard InChI is InChI=1S/C23H29N3O3/c1-17-8-9-20(16-18(17)2)24-23(28)10-11-26(19(3)27)22-7-5-4-6-21(22)25-12-14-29-15-13-25/h4-9,16H,10-15H2,1-3H3,(H,24,28). The molecule has 2 aromatic carbocycles. The molecule has 29 heavy (non-hydrogen) atoms. The molecular formula is C23H29N3O3. The number of nitrogens with zero attached hydrogens (tertiary/aromatic N) is 2. The van der Waals surface area contributed by atoms with Gasteiger partial charge < -0.3 is 19.9 Å². The first kappa shape index (κ1) is 20.9. The maximum atomic E-state index is 12.5. The first-order valence-electron chi connectivity index (χ1n) is 10.0. The van der Waals surface area contributed by atoms with E-state index in [-0.39, 0.29) is 18.2 Å². The van der Waals surface area contributed by atoms with Crippen LogP contribution in [0.15, 0.2) is 42.5 Å². The molecule has 1 heterocycles. The quantitative estimate of drug-likeness (QED) is 0.813. The number of morpholine rings is 1. The Kier molecular flexibility index (Phi) is 6.88. The van der Waals surface area contributed by atoms with E-state index < -0.39 is 0 Å². The summed E-state index contributed by atoms with van der Waals surface area (Å²) in [6.45, 7) is 8.85. The minimum atomic E-state index is -0.108. The molecule has 0 bridgehead atoms. The molecule has 0 unspecified atom stereocenters. The van der Waals surface area contributed by atoms with E-state index in [4.69, 9.17) is 4.74 Å². The van der Waals surface area contributed by atoms with Crippen molar-refractivity contribution in [3.63, 3.8) is 0 Å². The van der Waals surface area contributed by atoms with Crippen LogP contribution in [0.3, 0.4) is 0 Å². The maximum absolute atomic E-state index is 12.5. The minimum absolute atomic E-state index is 0.0790. The van der Waals surface area contributed by atoms with Crippen molar-refractivity contribution < 1.29 is 14.3 Å². The van der Waals surface area contributed by atoms with Gasteiger partial charge in [0, 0.05) is 38.7 Å². The Bertz CT molecular complexity index is 875. The van der Waals surface area contributed by atoms with E-state index in [1.807, 2.05) is 56.3 Å². The number of hydrogen-bond donors (Lipinski definition) is 1. The predicted molar refractivity (Wildman–Crippen MR) is 117 cm³/mol. The highest BCUT2D eigenvalue weighted by Gasteiger charge is 2.21. The third-order valence-electron chi connectivity index (χ3n) is 5.26. The lowest BCUT2D eigenvalue weighted by Gasteiger charge is -2.33. The van der Waals surface area contributed by atoms with Crippen LogP contribution < -0.4 is 15.1 Å². The lowest BCUT2D eigenvalue weighted by Crippen LogP contribution is -2.39. The normalized spacial score (nSPS) is 13.8. The number of amides is 2. The summed E-state index contributed by atoms with van der Waals surface area (Å²) in [5.74, 6) is -0.187. The van der Waals surface area contributed by atoms with Crippen LogP contribution in [0.4, 0.5) is 17.1 Å². The summed E-state index contributed by atoms with van der Waals surface area (Å²) in [4.78, 5) is 28.8. The number of benzene rings is 2. The van der Waals surface area contributed by atoms with Crippen molar-refractivity contribution >= 4 is 28.9 Å². The number of para-hydroxylation sites is 2. The van der Waals surface area contributed by atoms with Crippen molar-refractivity contribution in [1.29, 1.82) is 0 Å². The molecule has 0 saturated carbocycles. The molecule has 3 rings (SSSR count). The Morgan fingerprint density at radius 1 is 1.07 bits per heavy atom. The van der Waals surface area contributed by atoms with Gasteiger partial charge in [0.25, 0.3) is 0 Å². The number of ether oxygens (including phenoxy) is 1. The zero-order valence-corrected chi connectivity index (χ0v) is 17.4. The summed E-state index contributed by atoms with van der Waals surface area (Å²) in [6, 6.07) is 13.7. The van der Waals surface area contributed by atoms with Gasteiger partial charge in [-0.3, -0.25) is 9.59 Å². The first-order valence-corrected chi connectivity index (χ1v) is 10.0. The molecule has 0 radical (unpaired) electrons. The molecule has 1 fully saturated rings. The summed E-state index contributed by atoms with van der Waals surface area (Å²) < 4.78 is 5.45. The molecule has 1 N–H and O–H groups in total. The van der Waals surface area contributed by atoms with Gasteiger partial charge >= 0.3 is 0 Å². The van der Waals surface area contributed by atoms with Gasteiger partial charge in [-0.25, -0.2) is 0 Å². The van der Waals surface area contributed by atoms with Crippen molar-refractivity contribution in [2.45, 2.75) is 27.2 Å². The monoisotopic (exact) mass is 395 g/mol. The zero-order chi connectivity index (χ0) is 20.8. The summed E-state index contributed by atoms with van der Waals surface area (Å²) >= 11 is 0. The molecule has 6 nitrogen and oxygen atoms in total. The molecule has 0 aliphatic carbocycles. The second-order valence-electron chi connectivity index (χ2n) is 7.36. The number of nitrogens with one attached hydrogen (secondary N) is 1. The van der Waals surface area contributed by atoms with Crippen molar-refractivity contribution in [3.05, 3.63) is 53.6 Å².